The molecule has 0 radical (unpaired) electrons. The van der Waals surface area contributed by atoms with Gasteiger partial charge in [0.1, 0.15) is 25.4 Å². The summed E-state index contributed by atoms with van der Waals surface area (Å²) in [4.78, 5) is 59.0. The SMILES string of the molecule is CC/C=C\C/C=C\C/C=C\C/C=C\C/C=C\CCCCCCCCCCCC(=O)OCC(COP(=O)(O)OCC(O)COP(=O)(O)OCC(O)COC(=O)CCCCCCCCCCCCCCC/C=C\C/C=C\C/C=C\C/C=C\CCCCC)OC(=O)CCCCCCCCC/C=C\C/C=C\C/C=C\C/C=C\CCCCC. The molecule has 648 valence electrons. The number of phosphoric acid groups is 2. The molecule has 0 aliphatic heterocycles. The Morgan fingerprint density at radius 1 is 0.257 bits per heavy atom. The molecule has 0 saturated heterocycles. The van der Waals surface area contributed by atoms with Crippen molar-refractivity contribution >= 4 is 33.6 Å². The molecule has 4 N–H and O–H groups in total. The van der Waals surface area contributed by atoms with E-state index in [0.29, 0.717) is 19.3 Å². The molecule has 0 bridgehead atoms. The Labute approximate surface area is 689 Å². The van der Waals surface area contributed by atoms with Crippen LogP contribution in [0.3, 0.4) is 0 Å². The number of phosphoric ester groups is 2. The summed E-state index contributed by atoms with van der Waals surface area (Å²) in [6.07, 6.45) is 110. The summed E-state index contributed by atoms with van der Waals surface area (Å²) in [5.74, 6) is -1.59. The maximum absolute atomic E-state index is 13.1. The topological polar surface area (TPSA) is 231 Å². The predicted octanol–water partition coefficient (Wildman–Crippen LogP) is 27.3. The van der Waals surface area contributed by atoms with Crippen molar-refractivity contribution in [2.45, 2.75) is 386 Å². The third-order valence-electron chi connectivity index (χ3n) is 18.7. The summed E-state index contributed by atoms with van der Waals surface area (Å²) in [7, 11) is -9.82. The second-order valence-corrected chi connectivity index (χ2v) is 32.6. The van der Waals surface area contributed by atoms with Crippen LogP contribution in [-0.4, -0.2) is 95.9 Å². The lowest BCUT2D eigenvalue weighted by Gasteiger charge is -2.21. The normalized spacial score (nSPS) is 14.6. The fraction of sp³-hybridized carbons (Fsp3) is 0.695. The molecular weight excluding hydrogens is 1460 g/mol. The minimum Gasteiger partial charge on any atom is -0.463 e. The summed E-state index contributed by atoms with van der Waals surface area (Å²) in [5.41, 5.74) is 0. The number of rotatable bonds is 84. The fourth-order valence-corrected chi connectivity index (χ4v) is 13.5. The quantitative estimate of drug-likeness (QED) is 0.0146. The van der Waals surface area contributed by atoms with E-state index in [0.717, 1.165) is 173 Å². The van der Waals surface area contributed by atoms with E-state index in [1.807, 2.05) is 0 Å². The van der Waals surface area contributed by atoms with Gasteiger partial charge in [0.25, 0.3) is 0 Å². The van der Waals surface area contributed by atoms with Crippen LogP contribution in [-0.2, 0) is 55.8 Å². The van der Waals surface area contributed by atoms with E-state index in [1.165, 1.54) is 135 Å². The Hall–Kier alpha value is -4.83. The highest BCUT2D eigenvalue weighted by Gasteiger charge is 2.29. The van der Waals surface area contributed by atoms with E-state index < -0.39 is 91.5 Å². The van der Waals surface area contributed by atoms with Gasteiger partial charge in [-0.3, -0.25) is 32.5 Å². The number of aliphatic hydroxyl groups is 2. The summed E-state index contributed by atoms with van der Waals surface area (Å²) >= 11 is 0. The monoisotopic (exact) mass is 1620 g/mol. The Bertz CT molecular complexity index is 2680. The minimum absolute atomic E-state index is 0.0865. The van der Waals surface area contributed by atoms with Gasteiger partial charge in [0, 0.05) is 19.3 Å². The largest absolute Gasteiger partial charge is 0.472 e. The molecule has 0 rings (SSSR count). The Kier molecular flexibility index (Phi) is 82.8. The van der Waals surface area contributed by atoms with Crippen LogP contribution < -0.4 is 0 Å². The van der Waals surface area contributed by atoms with E-state index in [9.17, 15) is 43.5 Å². The number of esters is 3. The highest BCUT2D eigenvalue weighted by molar-refractivity contribution is 7.47. The highest BCUT2D eigenvalue weighted by Crippen LogP contribution is 2.45. The van der Waals surface area contributed by atoms with E-state index in [1.54, 1.807) is 0 Å². The van der Waals surface area contributed by atoms with E-state index in [-0.39, 0.29) is 19.3 Å². The molecule has 0 aromatic heterocycles. The molecule has 5 unspecified atom stereocenters. The van der Waals surface area contributed by atoms with Gasteiger partial charge in [-0.2, -0.15) is 0 Å². The standard InChI is InChI=1S/C95H162O16P2/c1-4-7-10-13-16-19-22-25-28-31-34-37-40-42-43-44-45-47-50-51-54-57-60-63-66-69-72-75-78-81-93(98)105-84-90(96)85-107-112(101,102)108-86-91(97)87-109-113(103,104)110-89-92(111-95(100)83-80-77-74-71-68-65-62-59-56-53-48-39-36-33-30-27-24-21-18-15-12-9-6-3)88-106-94(99)82-79-76-73-70-67-64-61-58-55-52-49-46-41-38-35-32-29-26-23-20-17-14-11-8-5-2/h8,11,16-21,25-30,34-39,42-43,46,49,53,56,90-92,96-97H,4-7,9-10,12-15,22-24,31-33,40-41,44-45,47-48,50-52,54-55,57-89H2,1-3H3,(H,101,102)(H,103,104)/b11-8-,19-16-,20-17-,21-18-,28-25-,29-26-,30-27-,37-34-,38-35-,39-36-,43-42-,49-46-,56-53-. The number of carbonyl (C=O) groups excluding carboxylic acids is 3. The molecule has 0 spiro atoms. The van der Waals surface area contributed by atoms with Crippen molar-refractivity contribution in [3.05, 3.63) is 158 Å². The average Bonchev–Trinajstić information content (AvgIpc) is 0.901. The van der Waals surface area contributed by atoms with Gasteiger partial charge < -0.3 is 34.2 Å². The number of unbranched alkanes of at least 4 members (excludes halogenated alkanes) is 35. The summed E-state index contributed by atoms with van der Waals surface area (Å²) in [5, 5.41) is 20.7. The minimum atomic E-state index is -4.95. The van der Waals surface area contributed by atoms with Crippen LogP contribution in [0, 0.1) is 0 Å². The van der Waals surface area contributed by atoms with Gasteiger partial charge in [-0.25, -0.2) is 9.13 Å². The van der Waals surface area contributed by atoms with Crippen molar-refractivity contribution in [3.63, 3.8) is 0 Å². The molecule has 5 atom stereocenters. The third kappa shape index (κ3) is 87.8. The molecule has 0 aromatic rings. The van der Waals surface area contributed by atoms with Crippen molar-refractivity contribution in [1.29, 1.82) is 0 Å². The highest BCUT2D eigenvalue weighted by atomic mass is 31.2. The van der Waals surface area contributed by atoms with Crippen LogP contribution in [0.2, 0.25) is 0 Å². The third-order valence-corrected chi connectivity index (χ3v) is 20.6. The molecule has 0 amide bonds. The van der Waals surface area contributed by atoms with Gasteiger partial charge in [-0.15, -0.1) is 0 Å². The van der Waals surface area contributed by atoms with Crippen LogP contribution in [0.5, 0.6) is 0 Å². The van der Waals surface area contributed by atoms with Gasteiger partial charge >= 0.3 is 33.6 Å². The first-order chi connectivity index (χ1) is 55.2. The Morgan fingerprint density at radius 2 is 0.469 bits per heavy atom. The van der Waals surface area contributed by atoms with Crippen LogP contribution in [0.1, 0.15) is 367 Å². The molecular formula is C95H162O16P2. The van der Waals surface area contributed by atoms with E-state index >= 15 is 0 Å². The average molecular weight is 1620 g/mol. The second kappa shape index (κ2) is 86.5. The molecule has 0 aliphatic rings. The molecule has 0 aromatic carbocycles. The number of aliphatic hydroxyl groups excluding tert-OH is 2. The van der Waals surface area contributed by atoms with Crippen LogP contribution >= 0.6 is 15.6 Å². The van der Waals surface area contributed by atoms with Gasteiger partial charge in [-0.1, -0.05) is 352 Å². The lowest BCUT2D eigenvalue weighted by molar-refractivity contribution is -0.161. The summed E-state index contributed by atoms with van der Waals surface area (Å²) < 4.78 is 61.4. The lowest BCUT2D eigenvalue weighted by atomic mass is 10.0. The number of hydrogen-bond donors (Lipinski definition) is 4. The van der Waals surface area contributed by atoms with Crippen LogP contribution in [0.25, 0.3) is 0 Å². The van der Waals surface area contributed by atoms with Crippen molar-refractivity contribution in [1.82, 2.24) is 0 Å². The number of ether oxygens (including phenoxy) is 3. The number of allylic oxidation sites excluding steroid dienone is 26. The van der Waals surface area contributed by atoms with Crippen LogP contribution in [0.15, 0.2) is 158 Å². The summed E-state index contributed by atoms with van der Waals surface area (Å²) in [6, 6.07) is 0. The van der Waals surface area contributed by atoms with Gasteiger partial charge in [0.05, 0.1) is 26.4 Å². The zero-order valence-corrected chi connectivity index (χ0v) is 73.0. The first kappa shape index (κ1) is 108. The Morgan fingerprint density at radius 3 is 0.743 bits per heavy atom. The zero-order valence-electron chi connectivity index (χ0n) is 71.3. The van der Waals surface area contributed by atoms with Crippen molar-refractivity contribution in [3.8, 4) is 0 Å². The fourth-order valence-electron chi connectivity index (χ4n) is 11.9. The van der Waals surface area contributed by atoms with Crippen molar-refractivity contribution < 1.29 is 75.8 Å². The molecule has 113 heavy (non-hydrogen) atoms. The first-order valence-corrected chi connectivity index (χ1v) is 47.8. The molecule has 0 heterocycles. The van der Waals surface area contributed by atoms with Gasteiger partial charge in [0.2, 0.25) is 0 Å². The molecule has 0 fully saturated rings. The number of carbonyl (C=O) groups is 3. The number of hydrogen-bond acceptors (Lipinski definition) is 14. The maximum Gasteiger partial charge on any atom is 0.472 e. The maximum atomic E-state index is 13.1. The lowest BCUT2D eigenvalue weighted by Crippen LogP contribution is -2.30. The predicted molar refractivity (Wildman–Crippen MR) is 472 cm³/mol. The zero-order chi connectivity index (χ0) is 82.2. The first-order valence-electron chi connectivity index (χ1n) is 44.8. The van der Waals surface area contributed by atoms with Crippen molar-refractivity contribution in [2.24, 2.45) is 0 Å². The second-order valence-electron chi connectivity index (χ2n) is 29.7. The Balaban J connectivity index is 4.65. The molecule has 0 saturated carbocycles. The van der Waals surface area contributed by atoms with Gasteiger partial charge in [-0.05, 0) is 154 Å². The molecule has 18 heteroatoms. The van der Waals surface area contributed by atoms with Gasteiger partial charge in [0.15, 0.2) is 6.10 Å². The van der Waals surface area contributed by atoms with Crippen LogP contribution in [0.4, 0.5) is 0 Å². The molecule has 16 nitrogen and oxygen atoms in total. The summed E-state index contributed by atoms with van der Waals surface area (Å²) in [6.45, 7) is 2.53. The van der Waals surface area contributed by atoms with E-state index in [2.05, 4.69) is 179 Å². The van der Waals surface area contributed by atoms with Crippen molar-refractivity contribution in [2.75, 3.05) is 39.6 Å². The smallest absolute Gasteiger partial charge is 0.463 e. The van der Waals surface area contributed by atoms with E-state index in [4.69, 9.17) is 32.3 Å². The molecule has 0 aliphatic carbocycles.